The van der Waals surface area contributed by atoms with Gasteiger partial charge in [-0.15, -0.1) is 0 Å². The fraction of sp³-hybridized carbons (Fsp3) is 0.357. The van der Waals surface area contributed by atoms with Gasteiger partial charge in [-0.1, -0.05) is 30.3 Å². The van der Waals surface area contributed by atoms with E-state index in [1.165, 1.54) is 21.4 Å². The molecule has 0 atom stereocenters. The van der Waals surface area contributed by atoms with Crippen molar-refractivity contribution in [1.29, 1.82) is 0 Å². The maximum atomic E-state index is 12.4. The lowest BCUT2D eigenvalue weighted by Crippen LogP contribution is -2.26. The normalized spacial score (nSPS) is 12.0. The first-order chi connectivity index (χ1) is 10.0. The second kappa shape index (κ2) is 6.84. The van der Waals surface area contributed by atoms with Crippen molar-refractivity contribution in [3.8, 4) is 0 Å². The molecular formula is C14H19N3O3S. The number of sulfonamides is 1. The molecule has 0 unspecified atom stereocenters. The topological polar surface area (TPSA) is 75.4 Å². The van der Waals surface area contributed by atoms with Crippen molar-refractivity contribution in [3.63, 3.8) is 0 Å². The minimum Gasteiger partial charge on any atom is -0.396 e. The van der Waals surface area contributed by atoms with Crippen LogP contribution in [0.5, 0.6) is 0 Å². The summed E-state index contributed by atoms with van der Waals surface area (Å²) in [4.78, 5) is 0.166. The number of aromatic nitrogens is 2. The van der Waals surface area contributed by atoms with Crippen LogP contribution in [0, 0.1) is 0 Å². The molecule has 0 fully saturated rings. The van der Waals surface area contributed by atoms with E-state index in [0.29, 0.717) is 19.5 Å². The molecule has 0 aliphatic rings. The van der Waals surface area contributed by atoms with Gasteiger partial charge in [0.05, 0.1) is 6.20 Å². The molecular weight excluding hydrogens is 290 g/mol. The van der Waals surface area contributed by atoms with Gasteiger partial charge in [0.1, 0.15) is 4.90 Å². The van der Waals surface area contributed by atoms with E-state index in [1.54, 1.807) is 7.05 Å². The Morgan fingerprint density at radius 3 is 2.67 bits per heavy atom. The Morgan fingerprint density at radius 2 is 2.00 bits per heavy atom. The molecule has 1 N–H and O–H groups in total. The van der Waals surface area contributed by atoms with Crippen molar-refractivity contribution in [2.24, 2.45) is 0 Å². The Balaban J connectivity index is 2.11. The minimum atomic E-state index is -3.55. The summed E-state index contributed by atoms with van der Waals surface area (Å²) in [5.74, 6) is 0. The predicted molar refractivity (Wildman–Crippen MR) is 79.0 cm³/mol. The molecule has 0 aliphatic carbocycles. The average molecular weight is 309 g/mol. The first-order valence-electron chi connectivity index (χ1n) is 6.67. The van der Waals surface area contributed by atoms with Crippen molar-refractivity contribution in [2.45, 2.75) is 24.4 Å². The molecule has 1 aromatic heterocycles. The van der Waals surface area contributed by atoms with Crippen molar-refractivity contribution >= 4 is 10.0 Å². The van der Waals surface area contributed by atoms with E-state index < -0.39 is 10.0 Å². The van der Waals surface area contributed by atoms with Crippen LogP contribution in [-0.2, 0) is 23.1 Å². The Morgan fingerprint density at radius 1 is 1.29 bits per heavy atom. The molecule has 0 saturated heterocycles. The number of rotatable bonds is 7. The fourth-order valence-electron chi connectivity index (χ4n) is 1.94. The van der Waals surface area contributed by atoms with Gasteiger partial charge in [-0.25, -0.2) is 8.42 Å². The van der Waals surface area contributed by atoms with Gasteiger partial charge in [0.2, 0.25) is 10.0 Å². The van der Waals surface area contributed by atoms with Crippen LogP contribution in [0.3, 0.4) is 0 Å². The standard InChI is InChI=1S/C14H19N3O3S/c1-16(11-13-6-3-2-4-7-13)21(19,20)14-10-15-17(12-14)8-5-9-18/h2-4,6-7,10,12,18H,5,8-9,11H2,1H3. The molecule has 1 aromatic carbocycles. The van der Waals surface area contributed by atoms with Crippen molar-refractivity contribution in [1.82, 2.24) is 14.1 Å². The highest BCUT2D eigenvalue weighted by Crippen LogP contribution is 2.16. The molecule has 0 bridgehead atoms. The summed E-state index contributed by atoms with van der Waals surface area (Å²) in [6.45, 7) is 0.856. The van der Waals surface area contributed by atoms with Gasteiger partial charge in [0.25, 0.3) is 0 Å². The summed E-state index contributed by atoms with van der Waals surface area (Å²) in [7, 11) is -2.00. The van der Waals surface area contributed by atoms with Gasteiger partial charge < -0.3 is 5.11 Å². The fourth-order valence-corrected chi connectivity index (χ4v) is 3.05. The molecule has 114 valence electrons. The second-order valence-electron chi connectivity index (χ2n) is 4.76. The van der Waals surface area contributed by atoms with E-state index in [-0.39, 0.29) is 11.5 Å². The third-order valence-electron chi connectivity index (χ3n) is 3.11. The third-order valence-corrected chi connectivity index (χ3v) is 4.87. The summed E-state index contributed by atoms with van der Waals surface area (Å²) in [5.41, 5.74) is 0.927. The Bertz CT molecular complexity index is 668. The first-order valence-corrected chi connectivity index (χ1v) is 8.11. The van der Waals surface area contributed by atoms with Crippen LogP contribution in [0.4, 0.5) is 0 Å². The number of aliphatic hydroxyl groups is 1. The molecule has 7 heteroatoms. The zero-order valence-electron chi connectivity index (χ0n) is 11.9. The highest BCUT2D eigenvalue weighted by Gasteiger charge is 2.22. The third kappa shape index (κ3) is 3.90. The lowest BCUT2D eigenvalue weighted by atomic mass is 10.2. The van der Waals surface area contributed by atoms with Crippen molar-refractivity contribution in [3.05, 3.63) is 48.3 Å². The molecule has 2 rings (SSSR count). The molecule has 1 heterocycles. The van der Waals surface area contributed by atoms with Crippen LogP contribution < -0.4 is 0 Å². The number of nitrogens with zero attached hydrogens (tertiary/aromatic N) is 3. The van der Waals surface area contributed by atoms with E-state index >= 15 is 0 Å². The first kappa shape index (κ1) is 15.7. The monoisotopic (exact) mass is 309 g/mol. The van der Waals surface area contributed by atoms with Crippen molar-refractivity contribution < 1.29 is 13.5 Å². The van der Waals surface area contributed by atoms with Crippen LogP contribution in [0.15, 0.2) is 47.6 Å². The molecule has 0 saturated carbocycles. The van der Waals surface area contributed by atoms with E-state index in [2.05, 4.69) is 5.10 Å². The SMILES string of the molecule is CN(Cc1ccccc1)S(=O)(=O)c1cnn(CCCO)c1. The zero-order valence-corrected chi connectivity index (χ0v) is 12.7. The lowest BCUT2D eigenvalue weighted by molar-refractivity contribution is 0.277. The molecule has 21 heavy (non-hydrogen) atoms. The van der Waals surface area contributed by atoms with Crippen molar-refractivity contribution in [2.75, 3.05) is 13.7 Å². The molecule has 0 aliphatic heterocycles. The minimum absolute atomic E-state index is 0.0514. The average Bonchev–Trinajstić information content (AvgIpc) is 2.95. The maximum Gasteiger partial charge on any atom is 0.246 e. The number of benzene rings is 1. The summed E-state index contributed by atoms with van der Waals surface area (Å²) >= 11 is 0. The van der Waals surface area contributed by atoms with Crippen LogP contribution in [0.2, 0.25) is 0 Å². The number of aryl methyl sites for hydroxylation is 1. The zero-order chi connectivity index (χ0) is 15.3. The van der Waals surface area contributed by atoms with Crippen LogP contribution in [-0.4, -0.2) is 41.3 Å². The number of aliphatic hydroxyl groups excluding tert-OH is 1. The largest absolute Gasteiger partial charge is 0.396 e. The summed E-state index contributed by atoms with van der Waals surface area (Å²) < 4.78 is 27.7. The summed E-state index contributed by atoms with van der Waals surface area (Å²) in [5, 5.41) is 12.8. The molecule has 6 nitrogen and oxygen atoms in total. The van der Waals surface area contributed by atoms with E-state index in [1.807, 2.05) is 30.3 Å². The Hall–Kier alpha value is -1.70. The molecule has 0 radical (unpaired) electrons. The Labute approximate surface area is 124 Å². The summed E-state index contributed by atoms with van der Waals surface area (Å²) in [6, 6.07) is 9.42. The predicted octanol–water partition coefficient (Wildman–Crippen LogP) is 1.09. The van der Waals surface area contributed by atoms with Crippen LogP contribution in [0.1, 0.15) is 12.0 Å². The van der Waals surface area contributed by atoms with E-state index in [9.17, 15) is 8.42 Å². The van der Waals surface area contributed by atoms with Gasteiger partial charge >= 0.3 is 0 Å². The maximum absolute atomic E-state index is 12.4. The molecule has 0 spiro atoms. The summed E-state index contributed by atoms with van der Waals surface area (Å²) in [6.07, 6.45) is 3.38. The van der Waals surface area contributed by atoms with E-state index in [0.717, 1.165) is 5.56 Å². The smallest absolute Gasteiger partial charge is 0.246 e. The Kier molecular flexibility index (Phi) is 5.11. The number of hydrogen-bond donors (Lipinski definition) is 1. The highest BCUT2D eigenvalue weighted by molar-refractivity contribution is 7.89. The van der Waals surface area contributed by atoms with Gasteiger partial charge in [-0.2, -0.15) is 9.40 Å². The van der Waals surface area contributed by atoms with Gasteiger partial charge in [-0.05, 0) is 12.0 Å². The van der Waals surface area contributed by atoms with Gasteiger partial charge in [0.15, 0.2) is 0 Å². The van der Waals surface area contributed by atoms with Gasteiger partial charge in [0, 0.05) is 32.9 Å². The quantitative estimate of drug-likeness (QED) is 0.830. The number of hydrogen-bond acceptors (Lipinski definition) is 4. The van der Waals surface area contributed by atoms with Crippen LogP contribution in [0.25, 0.3) is 0 Å². The molecule has 2 aromatic rings. The van der Waals surface area contributed by atoms with Crippen LogP contribution >= 0.6 is 0 Å². The van der Waals surface area contributed by atoms with E-state index in [4.69, 9.17) is 5.11 Å². The highest BCUT2D eigenvalue weighted by atomic mass is 32.2. The van der Waals surface area contributed by atoms with Gasteiger partial charge in [-0.3, -0.25) is 4.68 Å². The molecule has 0 amide bonds. The lowest BCUT2D eigenvalue weighted by Gasteiger charge is -2.15. The second-order valence-corrected chi connectivity index (χ2v) is 6.81.